The molecule has 13 heavy (non-hydrogen) atoms. The van der Waals surface area contributed by atoms with E-state index >= 15 is 0 Å². The molecule has 0 saturated heterocycles. The van der Waals surface area contributed by atoms with E-state index in [0.29, 0.717) is 0 Å². The molecule has 0 aromatic carbocycles. The largest absolute Gasteiger partial charge is 0.369 e. The van der Waals surface area contributed by atoms with Crippen molar-refractivity contribution in [2.45, 2.75) is 25.7 Å². The van der Waals surface area contributed by atoms with Crippen LogP contribution in [-0.4, -0.2) is 18.9 Å². The lowest BCUT2D eigenvalue weighted by Gasteiger charge is -2.27. The normalized spacial score (nSPS) is 28.1. The molecule has 1 saturated carbocycles. The average Bonchev–Trinajstić information content (AvgIpc) is 2.16. The van der Waals surface area contributed by atoms with Crippen LogP contribution in [-0.2, 0) is 9.59 Å². The van der Waals surface area contributed by atoms with Crippen molar-refractivity contribution in [2.24, 2.45) is 17.6 Å². The van der Waals surface area contributed by atoms with Crippen LogP contribution in [0.15, 0.2) is 0 Å². The predicted octanol–water partition coefficient (Wildman–Crippen LogP) is 0.0241. The number of carbonyl (C=O) groups excluding carboxylic acids is 2. The fraction of sp³-hybridized carbons (Fsp3) is 0.778. The summed E-state index contributed by atoms with van der Waals surface area (Å²) in [6.45, 7) is 0. The van der Waals surface area contributed by atoms with Crippen LogP contribution in [0.3, 0.4) is 0 Å². The first-order valence-electron chi connectivity index (χ1n) is 4.67. The van der Waals surface area contributed by atoms with Crippen LogP contribution in [0.1, 0.15) is 25.7 Å². The van der Waals surface area contributed by atoms with Crippen LogP contribution >= 0.6 is 0 Å². The van der Waals surface area contributed by atoms with Crippen LogP contribution in [0, 0.1) is 11.8 Å². The van der Waals surface area contributed by atoms with E-state index in [0.717, 1.165) is 25.7 Å². The second kappa shape index (κ2) is 4.25. The number of nitrogens with one attached hydrogen (secondary N) is 1. The summed E-state index contributed by atoms with van der Waals surface area (Å²) >= 11 is 0. The Bertz CT molecular complexity index is 216. The number of primary amides is 1. The van der Waals surface area contributed by atoms with Crippen molar-refractivity contribution >= 4 is 11.8 Å². The fourth-order valence-electron chi connectivity index (χ4n) is 1.97. The second-order valence-electron chi connectivity index (χ2n) is 3.51. The van der Waals surface area contributed by atoms with Gasteiger partial charge in [-0.3, -0.25) is 9.59 Å². The van der Waals surface area contributed by atoms with E-state index in [9.17, 15) is 9.59 Å². The average molecular weight is 184 g/mol. The third-order valence-corrected chi connectivity index (χ3v) is 2.71. The van der Waals surface area contributed by atoms with E-state index in [2.05, 4.69) is 5.32 Å². The Kier molecular flexibility index (Phi) is 3.28. The van der Waals surface area contributed by atoms with Gasteiger partial charge in [0.2, 0.25) is 11.8 Å². The molecule has 1 aliphatic carbocycles. The van der Waals surface area contributed by atoms with Gasteiger partial charge in [0.25, 0.3) is 0 Å². The maximum absolute atomic E-state index is 11.4. The second-order valence-corrected chi connectivity index (χ2v) is 3.51. The minimum absolute atomic E-state index is 0.0523. The highest BCUT2D eigenvalue weighted by molar-refractivity contribution is 5.86. The van der Waals surface area contributed by atoms with Gasteiger partial charge in [0.15, 0.2) is 0 Å². The first-order valence-corrected chi connectivity index (χ1v) is 4.67. The third-order valence-electron chi connectivity index (χ3n) is 2.71. The molecule has 0 unspecified atom stereocenters. The molecular formula is C9H16N2O2. The molecule has 4 nitrogen and oxygen atoms in total. The van der Waals surface area contributed by atoms with Gasteiger partial charge >= 0.3 is 0 Å². The molecule has 4 heteroatoms. The number of carbonyl (C=O) groups is 2. The lowest BCUT2D eigenvalue weighted by atomic mass is 9.78. The summed E-state index contributed by atoms with van der Waals surface area (Å²) in [5.74, 6) is -0.846. The smallest absolute Gasteiger partial charge is 0.223 e. The molecule has 74 valence electrons. The van der Waals surface area contributed by atoms with Gasteiger partial charge < -0.3 is 11.1 Å². The van der Waals surface area contributed by atoms with Gasteiger partial charge in [-0.1, -0.05) is 12.8 Å². The van der Waals surface area contributed by atoms with E-state index in [-0.39, 0.29) is 23.7 Å². The van der Waals surface area contributed by atoms with Crippen molar-refractivity contribution in [3.8, 4) is 0 Å². The number of amides is 2. The summed E-state index contributed by atoms with van der Waals surface area (Å²) in [7, 11) is 1.59. The molecule has 2 amide bonds. The highest BCUT2D eigenvalue weighted by Crippen LogP contribution is 2.29. The summed E-state index contributed by atoms with van der Waals surface area (Å²) < 4.78 is 0. The molecular weight excluding hydrogens is 168 g/mol. The Morgan fingerprint density at radius 3 is 2.23 bits per heavy atom. The van der Waals surface area contributed by atoms with Crippen molar-refractivity contribution in [2.75, 3.05) is 7.05 Å². The van der Waals surface area contributed by atoms with E-state index < -0.39 is 0 Å². The van der Waals surface area contributed by atoms with Crippen molar-refractivity contribution in [1.82, 2.24) is 5.32 Å². The van der Waals surface area contributed by atoms with Gasteiger partial charge in [0.1, 0.15) is 0 Å². The van der Waals surface area contributed by atoms with Crippen molar-refractivity contribution < 1.29 is 9.59 Å². The minimum atomic E-state index is -0.340. The van der Waals surface area contributed by atoms with Crippen LogP contribution < -0.4 is 11.1 Å². The summed E-state index contributed by atoms with van der Waals surface area (Å²) in [5.41, 5.74) is 5.23. The molecule has 1 aliphatic rings. The van der Waals surface area contributed by atoms with Gasteiger partial charge in [-0.25, -0.2) is 0 Å². The summed E-state index contributed by atoms with van der Waals surface area (Å²) in [4.78, 5) is 22.4. The Morgan fingerprint density at radius 2 is 1.77 bits per heavy atom. The van der Waals surface area contributed by atoms with Crippen LogP contribution in [0.5, 0.6) is 0 Å². The third kappa shape index (κ3) is 2.20. The number of hydrogen-bond donors (Lipinski definition) is 2. The first-order chi connectivity index (χ1) is 6.16. The zero-order valence-corrected chi connectivity index (χ0v) is 7.88. The molecule has 1 rings (SSSR count). The maximum atomic E-state index is 11.4. The van der Waals surface area contributed by atoms with Gasteiger partial charge in [0.05, 0.1) is 0 Å². The number of nitrogens with two attached hydrogens (primary N) is 1. The first kappa shape index (κ1) is 10.0. The predicted molar refractivity (Wildman–Crippen MR) is 48.7 cm³/mol. The fourth-order valence-corrected chi connectivity index (χ4v) is 1.97. The Morgan fingerprint density at radius 1 is 1.23 bits per heavy atom. The lowest BCUT2D eigenvalue weighted by Crippen LogP contribution is -2.40. The quantitative estimate of drug-likeness (QED) is 0.635. The molecule has 0 heterocycles. The topological polar surface area (TPSA) is 72.2 Å². The molecule has 0 aliphatic heterocycles. The SMILES string of the molecule is CNC(=O)[C@@H]1CCCC[C@@H]1C(N)=O. The summed E-state index contributed by atoms with van der Waals surface area (Å²) in [5, 5.41) is 2.57. The Labute approximate surface area is 77.9 Å². The molecule has 0 radical (unpaired) electrons. The standard InChI is InChI=1S/C9H16N2O2/c1-11-9(13)7-5-3-2-4-6(7)8(10)12/h6-7H,2-5H2,1H3,(H2,10,12)(H,11,13)/t6-,7+/m0/s1. The van der Waals surface area contributed by atoms with Crippen molar-refractivity contribution in [1.29, 1.82) is 0 Å². The van der Waals surface area contributed by atoms with E-state index in [4.69, 9.17) is 5.73 Å². The lowest BCUT2D eigenvalue weighted by molar-refractivity contribution is -0.134. The molecule has 0 aromatic heterocycles. The number of rotatable bonds is 2. The summed E-state index contributed by atoms with van der Waals surface area (Å²) in [6, 6.07) is 0. The molecule has 1 fully saturated rings. The van der Waals surface area contributed by atoms with Gasteiger partial charge in [-0.15, -0.1) is 0 Å². The van der Waals surface area contributed by atoms with E-state index in [1.165, 1.54) is 0 Å². The van der Waals surface area contributed by atoms with Gasteiger partial charge in [-0.2, -0.15) is 0 Å². The minimum Gasteiger partial charge on any atom is -0.369 e. The molecule has 0 spiro atoms. The summed E-state index contributed by atoms with van der Waals surface area (Å²) in [6.07, 6.45) is 3.56. The zero-order chi connectivity index (χ0) is 9.84. The zero-order valence-electron chi connectivity index (χ0n) is 7.88. The van der Waals surface area contributed by atoms with Crippen molar-refractivity contribution in [3.63, 3.8) is 0 Å². The Balaban J connectivity index is 2.67. The highest BCUT2D eigenvalue weighted by atomic mass is 16.2. The van der Waals surface area contributed by atoms with Gasteiger partial charge in [-0.05, 0) is 12.8 Å². The van der Waals surface area contributed by atoms with Crippen molar-refractivity contribution in [3.05, 3.63) is 0 Å². The molecule has 3 N–H and O–H groups in total. The van der Waals surface area contributed by atoms with E-state index in [1.54, 1.807) is 7.05 Å². The van der Waals surface area contributed by atoms with E-state index in [1.807, 2.05) is 0 Å². The number of hydrogen-bond acceptors (Lipinski definition) is 2. The van der Waals surface area contributed by atoms with Crippen LogP contribution in [0.2, 0.25) is 0 Å². The van der Waals surface area contributed by atoms with Crippen LogP contribution in [0.4, 0.5) is 0 Å². The molecule has 0 aromatic rings. The molecule has 0 bridgehead atoms. The molecule has 2 atom stereocenters. The van der Waals surface area contributed by atoms with Crippen LogP contribution in [0.25, 0.3) is 0 Å². The maximum Gasteiger partial charge on any atom is 0.223 e. The Hall–Kier alpha value is -1.06. The van der Waals surface area contributed by atoms with Gasteiger partial charge in [0, 0.05) is 18.9 Å². The monoisotopic (exact) mass is 184 g/mol. The highest BCUT2D eigenvalue weighted by Gasteiger charge is 2.33.